The molecule has 1 fully saturated rings. The normalized spacial score (nSPS) is 14.2. The largest absolute Gasteiger partial charge is 0.378 e. The molecule has 1 saturated heterocycles. The fraction of sp³-hybridized carbons (Fsp3) is 0.222. The first-order chi connectivity index (χ1) is 11.8. The number of hydrogen-bond donors (Lipinski definition) is 1. The molecule has 1 aliphatic heterocycles. The molecule has 7 heteroatoms. The highest BCUT2D eigenvalue weighted by Crippen LogP contribution is 2.29. The van der Waals surface area contributed by atoms with Crippen molar-refractivity contribution < 1.29 is 4.74 Å². The number of fused-ring (bicyclic) bond motifs is 1. The molecule has 1 N–H and O–H groups in total. The van der Waals surface area contributed by atoms with Crippen LogP contribution in [0, 0.1) is 0 Å². The Balaban J connectivity index is 0.00000182. The lowest BCUT2D eigenvalue weighted by atomic mass is 10.2. The summed E-state index contributed by atoms with van der Waals surface area (Å²) in [5.74, 6) is 1.47. The van der Waals surface area contributed by atoms with Gasteiger partial charge in [-0.05, 0) is 24.3 Å². The topological polar surface area (TPSA) is 50.3 Å². The molecule has 1 aliphatic rings. The number of benzene rings is 2. The first-order valence-corrected chi connectivity index (χ1v) is 8.30. The van der Waals surface area contributed by atoms with E-state index in [0.29, 0.717) is 24.2 Å². The predicted octanol–water partition coefficient (Wildman–Crippen LogP) is 4.29. The van der Waals surface area contributed by atoms with E-state index in [1.807, 2.05) is 42.5 Å². The van der Waals surface area contributed by atoms with E-state index in [-0.39, 0.29) is 12.4 Å². The highest BCUT2D eigenvalue weighted by atomic mass is 35.5. The van der Waals surface area contributed by atoms with Gasteiger partial charge in [0.15, 0.2) is 0 Å². The van der Waals surface area contributed by atoms with E-state index in [4.69, 9.17) is 21.3 Å². The van der Waals surface area contributed by atoms with Gasteiger partial charge in [-0.25, -0.2) is 4.98 Å². The lowest BCUT2D eigenvalue weighted by molar-refractivity contribution is 0.122. The Kier molecular flexibility index (Phi) is 5.58. The molecule has 0 radical (unpaired) electrons. The molecule has 130 valence electrons. The maximum absolute atomic E-state index is 6.24. The molecular weight excluding hydrogens is 359 g/mol. The van der Waals surface area contributed by atoms with Gasteiger partial charge in [-0.3, -0.25) is 0 Å². The first kappa shape index (κ1) is 17.7. The van der Waals surface area contributed by atoms with E-state index in [1.165, 1.54) is 0 Å². The molecule has 2 aromatic carbocycles. The van der Waals surface area contributed by atoms with E-state index in [9.17, 15) is 0 Å². The van der Waals surface area contributed by atoms with Crippen LogP contribution < -0.4 is 10.2 Å². The number of aromatic nitrogens is 2. The molecule has 3 aromatic rings. The van der Waals surface area contributed by atoms with Gasteiger partial charge in [-0.1, -0.05) is 35.9 Å². The van der Waals surface area contributed by atoms with Crippen LogP contribution in [0.2, 0.25) is 5.02 Å². The third-order valence-corrected chi connectivity index (χ3v) is 4.34. The van der Waals surface area contributed by atoms with Crippen LogP contribution in [0.3, 0.4) is 0 Å². The van der Waals surface area contributed by atoms with Crippen molar-refractivity contribution in [2.45, 2.75) is 0 Å². The maximum atomic E-state index is 6.24. The van der Waals surface area contributed by atoms with Gasteiger partial charge in [-0.2, -0.15) is 4.98 Å². The van der Waals surface area contributed by atoms with Crippen LogP contribution in [0.1, 0.15) is 0 Å². The molecule has 0 amide bonds. The highest BCUT2D eigenvalue weighted by molar-refractivity contribution is 6.33. The Bertz CT molecular complexity index is 869. The number of ether oxygens (including phenoxy) is 1. The SMILES string of the molecule is Cl.Clc1ccccc1Nc1nc(N2CCOCC2)c2ccccc2n1. The van der Waals surface area contributed by atoms with Crippen LogP contribution in [-0.4, -0.2) is 36.3 Å². The molecule has 4 rings (SSSR count). The van der Waals surface area contributed by atoms with Gasteiger partial charge in [0.1, 0.15) is 5.82 Å². The molecule has 5 nitrogen and oxygen atoms in total. The standard InChI is InChI=1S/C18H17ClN4O.ClH/c19-14-6-2-4-8-16(14)21-18-20-15-7-3-1-5-13(15)17(22-18)23-9-11-24-12-10-23;/h1-8H,9-12H2,(H,20,21,22);1H. The summed E-state index contributed by atoms with van der Waals surface area (Å²) in [6.45, 7) is 3.08. The van der Waals surface area contributed by atoms with Crippen molar-refractivity contribution in [3.8, 4) is 0 Å². The summed E-state index contributed by atoms with van der Waals surface area (Å²) in [6.07, 6.45) is 0. The minimum atomic E-state index is 0. The Morgan fingerprint density at radius 1 is 0.960 bits per heavy atom. The van der Waals surface area contributed by atoms with Crippen LogP contribution >= 0.6 is 24.0 Å². The average molecular weight is 377 g/mol. The van der Waals surface area contributed by atoms with Crippen molar-refractivity contribution in [1.29, 1.82) is 0 Å². The second-order valence-electron chi connectivity index (χ2n) is 5.59. The van der Waals surface area contributed by atoms with E-state index in [1.54, 1.807) is 0 Å². The highest BCUT2D eigenvalue weighted by Gasteiger charge is 2.17. The van der Waals surface area contributed by atoms with Gasteiger partial charge in [0.2, 0.25) is 5.95 Å². The van der Waals surface area contributed by atoms with Crippen LogP contribution in [0.25, 0.3) is 10.9 Å². The fourth-order valence-electron chi connectivity index (χ4n) is 2.81. The van der Waals surface area contributed by atoms with Crippen molar-refractivity contribution in [3.63, 3.8) is 0 Å². The number of hydrogen-bond acceptors (Lipinski definition) is 5. The quantitative estimate of drug-likeness (QED) is 0.738. The van der Waals surface area contributed by atoms with Gasteiger partial charge in [0.05, 0.1) is 29.4 Å². The fourth-order valence-corrected chi connectivity index (χ4v) is 3.00. The van der Waals surface area contributed by atoms with Gasteiger partial charge in [0.25, 0.3) is 0 Å². The molecule has 1 aromatic heterocycles. The molecule has 0 bridgehead atoms. The van der Waals surface area contributed by atoms with Crippen LogP contribution in [0.15, 0.2) is 48.5 Å². The van der Waals surface area contributed by atoms with Gasteiger partial charge < -0.3 is 15.0 Å². The number of halogens is 2. The second kappa shape index (κ2) is 7.87. The van der Waals surface area contributed by atoms with Crippen molar-refractivity contribution in [2.24, 2.45) is 0 Å². The Labute approximate surface area is 157 Å². The zero-order valence-corrected chi connectivity index (χ0v) is 15.1. The first-order valence-electron chi connectivity index (χ1n) is 7.92. The summed E-state index contributed by atoms with van der Waals surface area (Å²) < 4.78 is 5.46. The summed E-state index contributed by atoms with van der Waals surface area (Å²) in [6, 6.07) is 15.6. The average Bonchev–Trinajstić information content (AvgIpc) is 2.64. The van der Waals surface area contributed by atoms with Gasteiger partial charge in [-0.15, -0.1) is 12.4 Å². The number of nitrogens with zero attached hydrogens (tertiary/aromatic N) is 3. The van der Waals surface area contributed by atoms with Crippen LogP contribution in [-0.2, 0) is 4.74 Å². The number of morpholine rings is 1. The summed E-state index contributed by atoms with van der Waals surface area (Å²) in [7, 11) is 0. The summed E-state index contributed by atoms with van der Waals surface area (Å²) in [5, 5.41) is 4.92. The summed E-state index contributed by atoms with van der Waals surface area (Å²) in [5.41, 5.74) is 1.70. The number of rotatable bonds is 3. The number of anilines is 3. The lowest BCUT2D eigenvalue weighted by Crippen LogP contribution is -2.37. The Morgan fingerprint density at radius 3 is 2.48 bits per heavy atom. The Hall–Kier alpha value is -2.08. The van der Waals surface area contributed by atoms with Gasteiger partial charge in [0, 0.05) is 18.5 Å². The van der Waals surface area contributed by atoms with Crippen molar-refractivity contribution >= 4 is 52.4 Å². The number of nitrogens with one attached hydrogen (secondary N) is 1. The number of para-hydroxylation sites is 2. The zero-order chi connectivity index (χ0) is 16.4. The maximum Gasteiger partial charge on any atom is 0.229 e. The molecule has 25 heavy (non-hydrogen) atoms. The molecule has 2 heterocycles. The third kappa shape index (κ3) is 3.79. The van der Waals surface area contributed by atoms with Crippen molar-refractivity contribution in [2.75, 3.05) is 36.5 Å². The molecule has 0 saturated carbocycles. The van der Waals surface area contributed by atoms with Crippen LogP contribution in [0.4, 0.5) is 17.5 Å². The van der Waals surface area contributed by atoms with E-state index < -0.39 is 0 Å². The monoisotopic (exact) mass is 376 g/mol. The van der Waals surface area contributed by atoms with Crippen LogP contribution in [0.5, 0.6) is 0 Å². The molecule has 0 spiro atoms. The minimum absolute atomic E-state index is 0. The predicted molar refractivity (Wildman–Crippen MR) is 105 cm³/mol. The summed E-state index contributed by atoms with van der Waals surface area (Å²) >= 11 is 6.24. The smallest absolute Gasteiger partial charge is 0.229 e. The van der Waals surface area contributed by atoms with Crippen molar-refractivity contribution in [1.82, 2.24) is 9.97 Å². The molecule has 0 unspecified atom stereocenters. The van der Waals surface area contributed by atoms with E-state index in [2.05, 4.69) is 21.3 Å². The lowest BCUT2D eigenvalue weighted by Gasteiger charge is -2.29. The molecular formula is C18H18Cl2N4O. The third-order valence-electron chi connectivity index (χ3n) is 4.01. The van der Waals surface area contributed by atoms with E-state index >= 15 is 0 Å². The molecule has 0 aliphatic carbocycles. The molecule has 0 atom stereocenters. The minimum Gasteiger partial charge on any atom is -0.378 e. The summed E-state index contributed by atoms with van der Waals surface area (Å²) in [4.78, 5) is 11.6. The van der Waals surface area contributed by atoms with Crippen molar-refractivity contribution in [3.05, 3.63) is 53.6 Å². The van der Waals surface area contributed by atoms with Gasteiger partial charge >= 0.3 is 0 Å². The Morgan fingerprint density at radius 2 is 1.68 bits per heavy atom. The second-order valence-corrected chi connectivity index (χ2v) is 6.00. The zero-order valence-electron chi connectivity index (χ0n) is 13.5. The van der Waals surface area contributed by atoms with E-state index in [0.717, 1.165) is 35.5 Å².